The lowest BCUT2D eigenvalue weighted by molar-refractivity contribution is -0.117. The molecule has 0 atom stereocenters. The molecule has 0 radical (unpaired) electrons. The Morgan fingerprint density at radius 3 is 2.58 bits per heavy atom. The average Bonchev–Trinajstić information content (AvgIpc) is 2.81. The summed E-state index contributed by atoms with van der Waals surface area (Å²) in [5, 5.41) is 5.33. The molecule has 0 saturated carbocycles. The van der Waals surface area contributed by atoms with Gasteiger partial charge in [0.15, 0.2) is 5.13 Å². The average molecular weight is 274 g/mol. The Bertz CT molecular complexity index is 544. The van der Waals surface area contributed by atoms with Gasteiger partial charge in [0.25, 0.3) is 0 Å². The second-order valence-electron chi connectivity index (χ2n) is 5.31. The first-order valence-electron chi connectivity index (χ1n) is 6.24. The zero-order valence-corrected chi connectivity index (χ0v) is 12.3. The van der Waals surface area contributed by atoms with E-state index in [2.05, 4.69) is 55.3 Å². The van der Waals surface area contributed by atoms with Crippen LogP contribution in [0.15, 0.2) is 35.8 Å². The van der Waals surface area contributed by atoms with Crippen molar-refractivity contribution in [2.24, 2.45) is 0 Å². The molecule has 0 saturated heterocycles. The van der Waals surface area contributed by atoms with Crippen molar-refractivity contribution >= 4 is 22.4 Å². The van der Waals surface area contributed by atoms with E-state index in [1.165, 1.54) is 22.5 Å². The van der Waals surface area contributed by atoms with Crippen LogP contribution < -0.4 is 5.32 Å². The quantitative estimate of drug-likeness (QED) is 0.922. The summed E-state index contributed by atoms with van der Waals surface area (Å²) in [6.45, 7) is 6.23. The number of anilines is 1. The molecule has 0 aliphatic carbocycles. The Hall–Kier alpha value is -1.68. The predicted molar refractivity (Wildman–Crippen MR) is 79.6 cm³/mol. The van der Waals surface area contributed by atoms with Crippen LogP contribution in [0.5, 0.6) is 0 Å². The van der Waals surface area contributed by atoms with Crippen molar-refractivity contribution in [3.63, 3.8) is 0 Å². The molecule has 0 aliphatic heterocycles. The fraction of sp³-hybridized carbons (Fsp3) is 0.333. The summed E-state index contributed by atoms with van der Waals surface area (Å²) in [5.74, 6) is 0.000486. The standard InChI is InChI=1S/C15H18N2OS/c1-11-4-6-12(7-5-11)15(2,3)10-13(18)17-14-16-8-9-19-14/h4-9H,10H2,1-3H3,(H,16,17,18). The maximum atomic E-state index is 12.0. The number of benzene rings is 1. The summed E-state index contributed by atoms with van der Waals surface area (Å²) in [4.78, 5) is 16.1. The zero-order chi connectivity index (χ0) is 13.9. The van der Waals surface area contributed by atoms with Crippen molar-refractivity contribution in [3.8, 4) is 0 Å². The first-order chi connectivity index (χ1) is 8.97. The number of carbonyl (C=O) groups is 1. The number of hydrogen-bond donors (Lipinski definition) is 1. The van der Waals surface area contributed by atoms with Crippen LogP contribution >= 0.6 is 11.3 Å². The molecule has 0 bridgehead atoms. The maximum Gasteiger partial charge on any atom is 0.227 e. The highest BCUT2D eigenvalue weighted by atomic mass is 32.1. The van der Waals surface area contributed by atoms with Gasteiger partial charge in [-0.15, -0.1) is 11.3 Å². The molecule has 19 heavy (non-hydrogen) atoms. The molecule has 1 amide bonds. The van der Waals surface area contributed by atoms with Crippen molar-refractivity contribution in [3.05, 3.63) is 47.0 Å². The number of thiazole rings is 1. The second kappa shape index (κ2) is 5.53. The van der Waals surface area contributed by atoms with Gasteiger partial charge in [0.1, 0.15) is 0 Å². The number of rotatable bonds is 4. The van der Waals surface area contributed by atoms with Crippen LogP contribution in [-0.2, 0) is 10.2 Å². The molecule has 1 aromatic carbocycles. The van der Waals surface area contributed by atoms with E-state index in [9.17, 15) is 4.79 Å². The number of aromatic nitrogens is 1. The molecule has 2 rings (SSSR count). The highest BCUT2D eigenvalue weighted by Gasteiger charge is 2.24. The lowest BCUT2D eigenvalue weighted by atomic mass is 9.81. The molecule has 0 spiro atoms. The third-order valence-corrected chi connectivity index (χ3v) is 3.80. The summed E-state index contributed by atoms with van der Waals surface area (Å²) >= 11 is 1.43. The minimum atomic E-state index is -0.185. The molecule has 0 unspecified atom stereocenters. The van der Waals surface area contributed by atoms with Gasteiger partial charge < -0.3 is 5.32 Å². The number of carbonyl (C=O) groups excluding carboxylic acids is 1. The van der Waals surface area contributed by atoms with Crippen LogP contribution in [0.4, 0.5) is 5.13 Å². The SMILES string of the molecule is Cc1ccc(C(C)(C)CC(=O)Nc2nccs2)cc1. The van der Waals surface area contributed by atoms with Crippen LogP contribution in [0.3, 0.4) is 0 Å². The first-order valence-corrected chi connectivity index (χ1v) is 7.12. The predicted octanol–water partition coefficient (Wildman–Crippen LogP) is 3.76. The molecule has 0 aliphatic rings. The molecule has 4 heteroatoms. The lowest BCUT2D eigenvalue weighted by Gasteiger charge is -2.24. The maximum absolute atomic E-state index is 12.0. The number of nitrogens with one attached hydrogen (secondary N) is 1. The molecule has 1 heterocycles. The van der Waals surface area contributed by atoms with Gasteiger partial charge in [-0.05, 0) is 17.9 Å². The lowest BCUT2D eigenvalue weighted by Crippen LogP contribution is -2.25. The molecular formula is C15H18N2OS. The number of hydrogen-bond acceptors (Lipinski definition) is 3. The van der Waals surface area contributed by atoms with E-state index in [0.29, 0.717) is 11.6 Å². The van der Waals surface area contributed by atoms with E-state index >= 15 is 0 Å². The summed E-state index contributed by atoms with van der Waals surface area (Å²) in [5.41, 5.74) is 2.22. The van der Waals surface area contributed by atoms with Crippen molar-refractivity contribution in [2.75, 3.05) is 5.32 Å². The van der Waals surface area contributed by atoms with Crippen LogP contribution in [0.2, 0.25) is 0 Å². The van der Waals surface area contributed by atoms with Gasteiger partial charge in [-0.1, -0.05) is 43.7 Å². The second-order valence-corrected chi connectivity index (χ2v) is 6.21. The summed E-state index contributed by atoms with van der Waals surface area (Å²) < 4.78 is 0. The minimum Gasteiger partial charge on any atom is -0.302 e. The van der Waals surface area contributed by atoms with E-state index in [-0.39, 0.29) is 11.3 Å². The van der Waals surface area contributed by atoms with E-state index in [0.717, 1.165) is 0 Å². The number of aryl methyl sites for hydroxylation is 1. The molecule has 100 valence electrons. The largest absolute Gasteiger partial charge is 0.302 e. The molecular weight excluding hydrogens is 256 g/mol. The van der Waals surface area contributed by atoms with E-state index < -0.39 is 0 Å². The van der Waals surface area contributed by atoms with Crippen molar-refractivity contribution < 1.29 is 4.79 Å². The van der Waals surface area contributed by atoms with E-state index in [4.69, 9.17) is 0 Å². The van der Waals surface area contributed by atoms with Crippen molar-refractivity contribution in [1.82, 2.24) is 4.98 Å². The van der Waals surface area contributed by atoms with Crippen molar-refractivity contribution in [2.45, 2.75) is 32.6 Å². The fourth-order valence-electron chi connectivity index (χ4n) is 1.96. The Labute approximate surface area is 117 Å². The summed E-state index contributed by atoms with van der Waals surface area (Å²) in [6, 6.07) is 8.34. The topological polar surface area (TPSA) is 42.0 Å². The number of amides is 1. The van der Waals surface area contributed by atoms with Crippen LogP contribution in [0, 0.1) is 6.92 Å². The van der Waals surface area contributed by atoms with Gasteiger partial charge in [-0.25, -0.2) is 4.98 Å². The van der Waals surface area contributed by atoms with Gasteiger partial charge in [0.05, 0.1) is 0 Å². The Kier molecular flexibility index (Phi) is 4.00. The third-order valence-electron chi connectivity index (χ3n) is 3.11. The van der Waals surface area contributed by atoms with Gasteiger partial charge in [0.2, 0.25) is 5.91 Å². The Morgan fingerprint density at radius 2 is 2.00 bits per heavy atom. The summed E-state index contributed by atoms with van der Waals surface area (Å²) in [6.07, 6.45) is 2.13. The van der Waals surface area contributed by atoms with Crippen LogP contribution in [-0.4, -0.2) is 10.9 Å². The molecule has 1 N–H and O–H groups in total. The van der Waals surface area contributed by atoms with E-state index in [1.54, 1.807) is 6.20 Å². The Morgan fingerprint density at radius 1 is 1.32 bits per heavy atom. The molecule has 0 fully saturated rings. The van der Waals surface area contributed by atoms with Gasteiger partial charge in [0, 0.05) is 18.0 Å². The minimum absolute atomic E-state index is 0.000486. The van der Waals surface area contributed by atoms with E-state index in [1.807, 2.05) is 5.38 Å². The molecule has 3 nitrogen and oxygen atoms in total. The van der Waals surface area contributed by atoms with Crippen LogP contribution in [0.25, 0.3) is 0 Å². The highest BCUT2D eigenvalue weighted by molar-refractivity contribution is 7.13. The molecule has 1 aromatic heterocycles. The summed E-state index contributed by atoms with van der Waals surface area (Å²) in [7, 11) is 0. The third kappa shape index (κ3) is 3.64. The van der Waals surface area contributed by atoms with Crippen LogP contribution in [0.1, 0.15) is 31.4 Å². The monoisotopic (exact) mass is 274 g/mol. The highest BCUT2D eigenvalue weighted by Crippen LogP contribution is 2.27. The van der Waals surface area contributed by atoms with Gasteiger partial charge >= 0.3 is 0 Å². The normalized spacial score (nSPS) is 11.3. The first kappa shape index (κ1) is 13.7. The van der Waals surface area contributed by atoms with Gasteiger partial charge in [-0.3, -0.25) is 4.79 Å². The number of nitrogens with zero attached hydrogens (tertiary/aromatic N) is 1. The fourth-order valence-corrected chi connectivity index (χ4v) is 2.50. The smallest absolute Gasteiger partial charge is 0.227 e. The zero-order valence-electron chi connectivity index (χ0n) is 11.4. The Balaban J connectivity index is 2.04. The van der Waals surface area contributed by atoms with Gasteiger partial charge in [-0.2, -0.15) is 0 Å². The van der Waals surface area contributed by atoms with Crippen molar-refractivity contribution in [1.29, 1.82) is 0 Å². The molecule has 2 aromatic rings.